The summed E-state index contributed by atoms with van der Waals surface area (Å²) in [6.07, 6.45) is 5.50. The highest BCUT2D eigenvalue weighted by atomic mass is 32.2. The predicted octanol–water partition coefficient (Wildman–Crippen LogP) is 2.27. The van der Waals surface area contributed by atoms with Gasteiger partial charge in [0.25, 0.3) is 15.9 Å². The van der Waals surface area contributed by atoms with E-state index in [0.717, 1.165) is 30.2 Å². The van der Waals surface area contributed by atoms with Gasteiger partial charge in [-0.1, -0.05) is 29.8 Å². The largest absolute Gasteiger partial charge is 0.339 e. The molecule has 0 aromatic heterocycles. The molecule has 0 atom stereocenters. The first-order chi connectivity index (χ1) is 10.9. The van der Waals surface area contributed by atoms with Crippen LogP contribution in [0, 0.1) is 0 Å². The number of carbonyl (C=O) groups is 1. The van der Waals surface area contributed by atoms with Gasteiger partial charge in [-0.25, -0.2) is 8.42 Å². The average Bonchev–Trinajstić information content (AvgIpc) is 2.60. The van der Waals surface area contributed by atoms with Crippen molar-refractivity contribution in [1.82, 2.24) is 9.37 Å². The fourth-order valence-corrected chi connectivity index (χ4v) is 3.89. The van der Waals surface area contributed by atoms with Crippen LogP contribution in [0.15, 0.2) is 29.2 Å². The molecule has 1 aliphatic carbocycles. The summed E-state index contributed by atoms with van der Waals surface area (Å²) in [5.74, 6) is -0.144. The molecule has 1 saturated carbocycles. The van der Waals surface area contributed by atoms with Crippen molar-refractivity contribution in [2.75, 3.05) is 21.2 Å². The van der Waals surface area contributed by atoms with E-state index in [0.29, 0.717) is 5.56 Å². The third kappa shape index (κ3) is 3.91. The molecule has 1 fully saturated rings. The SMILES string of the molecule is CON(C)S(=O)(=O)c1cccc(C(=O)N(C)C2CCCCC2)c1. The molecular formula is C16H24N2O4S. The molecule has 6 nitrogen and oxygen atoms in total. The second-order valence-electron chi connectivity index (χ2n) is 5.83. The van der Waals surface area contributed by atoms with Gasteiger partial charge in [-0.3, -0.25) is 9.63 Å². The molecule has 0 unspecified atom stereocenters. The van der Waals surface area contributed by atoms with Crippen molar-refractivity contribution >= 4 is 15.9 Å². The fourth-order valence-electron chi connectivity index (χ4n) is 2.87. The molecule has 0 spiro atoms. The van der Waals surface area contributed by atoms with Crippen LogP contribution >= 0.6 is 0 Å². The summed E-state index contributed by atoms with van der Waals surface area (Å²) in [5, 5.41) is 0. The maximum atomic E-state index is 12.6. The van der Waals surface area contributed by atoms with Crippen molar-refractivity contribution in [1.29, 1.82) is 0 Å². The number of hydroxylamine groups is 1. The van der Waals surface area contributed by atoms with Gasteiger partial charge in [0.1, 0.15) is 0 Å². The van der Waals surface area contributed by atoms with Gasteiger partial charge in [0, 0.05) is 25.7 Å². The standard InChI is InChI=1S/C16H24N2O4S/c1-17(14-9-5-4-6-10-14)16(19)13-8-7-11-15(12-13)23(20,21)18(2)22-3/h7-8,11-12,14H,4-6,9-10H2,1-3H3. The molecule has 0 radical (unpaired) electrons. The molecule has 1 aromatic carbocycles. The van der Waals surface area contributed by atoms with Crippen LogP contribution in [-0.4, -0.2) is 50.9 Å². The molecule has 128 valence electrons. The number of rotatable bonds is 5. The summed E-state index contributed by atoms with van der Waals surface area (Å²) >= 11 is 0. The second-order valence-corrected chi connectivity index (χ2v) is 7.77. The average molecular weight is 340 g/mol. The van der Waals surface area contributed by atoms with Crippen molar-refractivity contribution in [3.8, 4) is 0 Å². The van der Waals surface area contributed by atoms with Crippen molar-refractivity contribution in [2.24, 2.45) is 0 Å². The van der Waals surface area contributed by atoms with Crippen molar-refractivity contribution < 1.29 is 18.0 Å². The Hall–Kier alpha value is -1.44. The smallest absolute Gasteiger partial charge is 0.264 e. The zero-order valence-electron chi connectivity index (χ0n) is 13.9. The minimum atomic E-state index is -3.76. The highest BCUT2D eigenvalue weighted by Gasteiger charge is 2.25. The fraction of sp³-hybridized carbons (Fsp3) is 0.562. The molecule has 23 heavy (non-hydrogen) atoms. The third-order valence-corrected chi connectivity index (χ3v) is 6.09. The summed E-state index contributed by atoms with van der Waals surface area (Å²) < 4.78 is 25.4. The molecule has 1 amide bonds. The maximum Gasteiger partial charge on any atom is 0.264 e. The first-order valence-corrected chi connectivity index (χ1v) is 9.22. The van der Waals surface area contributed by atoms with E-state index >= 15 is 0 Å². The summed E-state index contributed by atoms with van der Waals surface area (Å²) in [6.45, 7) is 0. The van der Waals surface area contributed by atoms with Gasteiger partial charge in [0.2, 0.25) is 0 Å². The van der Waals surface area contributed by atoms with Crippen molar-refractivity contribution in [3.05, 3.63) is 29.8 Å². The summed E-state index contributed by atoms with van der Waals surface area (Å²) in [4.78, 5) is 19.2. The molecule has 1 aromatic rings. The topological polar surface area (TPSA) is 66.9 Å². The van der Waals surface area contributed by atoms with E-state index in [1.807, 2.05) is 0 Å². The summed E-state index contributed by atoms with van der Waals surface area (Å²) in [7, 11) is 0.636. The number of hydrogen-bond acceptors (Lipinski definition) is 4. The molecular weight excluding hydrogens is 316 g/mol. The van der Waals surface area contributed by atoms with Gasteiger partial charge in [-0.15, -0.1) is 0 Å². The van der Waals surface area contributed by atoms with Crippen LogP contribution in [0.3, 0.4) is 0 Å². The lowest BCUT2D eigenvalue weighted by Gasteiger charge is -2.31. The predicted molar refractivity (Wildman–Crippen MR) is 87.4 cm³/mol. The van der Waals surface area contributed by atoms with Gasteiger partial charge in [0.15, 0.2) is 0 Å². The maximum absolute atomic E-state index is 12.6. The monoisotopic (exact) mass is 340 g/mol. The van der Waals surface area contributed by atoms with Gasteiger partial charge in [-0.05, 0) is 31.0 Å². The first-order valence-electron chi connectivity index (χ1n) is 7.78. The zero-order chi connectivity index (χ0) is 17.0. The number of benzene rings is 1. The Morgan fingerprint density at radius 3 is 2.43 bits per heavy atom. The zero-order valence-corrected chi connectivity index (χ0v) is 14.7. The van der Waals surface area contributed by atoms with Crippen LogP contribution < -0.4 is 0 Å². The number of sulfonamides is 1. The van der Waals surface area contributed by atoms with Crippen molar-refractivity contribution in [3.63, 3.8) is 0 Å². The van der Waals surface area contributed by atoms with E-state index in [-0.39, 0.29) is 16.8 Å². The van der Waals surface area contributed by atoms with E-state index in [1.165, 1.54) is 32.7 Å². The molecule has 0 heterocycles. The molecule has 0 aliphatic heterocycles. The van der Waals surface area contributed by atoms with E-state index in [4.69, 9.17) is 4.84 Å². The van der Waals surface area contributed by atoms with Crippen LogP contribution in [0.5, 0.6) is 0 Å². The number of hydrogen-bond donors (Lipinski definition) is 0. The Balaban J connectivity index is 2.23. The van der Waals surface area contributed by atoms with E-state index < -0.39 is 10.0 Å². The van der Waals surface area contributed by atoms with Crippen molar-refractivity contribution in [2.45, 2.75) is 43.0 Å². The van der Waals surface area contributed by atoms with E-state index in [1.54, 1.807) is 24.1 Å². The molecule has 1 aliphatic rings. The Labute approximate surface area is 138 Å². The van der Waals surface area contributed by atoms with Gasteiger partial charge in [0.05, 0.1) is 12.0 Å². The molecule has 7 heteroatoms. The minimum Gasteiger partial charge on any atom is -0.339 e. The molecule has 2 rings (SSSR count). The van der Waals surface area contributed by atoms with Crippen LogP contribution in [0.25, 0.3) is 0 Å². The third-order valence-electron chi connectivity index (χ3n) is 4.42. The van der Waals surface area contributed by atoms with Crippen LogP contribution in [0.1, 0.15) is 42.5 Å². The molecule has 0 saturated heterocycles. The van der Waals surface area contributed by atoms with Crippen LogP contribution in [0.4, 0.5) is 0 Å². The van der Waals surface area contributed by atoms with E-state index in [2.05, 4.69) is 0 Å². The number of amides is 1. The van der Waals surface area contributed by atoms with Crippen LogP contribution in [0.2, 0.25) is 0 Å². The van der Waals surface area contributed by atoms with Gasteiger partial charge >= 0.3 is 0 Å². The highest BCUT2D eigenvalue weighted by molar-refractivity contribution is 7.89. The van der Waals surface area contributed by atoms with Crippen LogP contribution in [-0.2, 0) is 14.9 Å². The lowest BCUT2D eigenvalue weighted by atomic mass is 9.94. The highest BCUT2D eigenvalue weighted by Crippen LogP contribution is 2.24. The number of carbonyl (C=O) groups excluding carboxylic acids is 1. The summed E-state index contributed by atoms with van der Waals surface area (Å²) in [6, 6.07) is 6.33. The normalized spacial score (nSPS) is 16.5. The lowest BCUT2D eigenvalue weighted by Crippen LogP contribution is -2.38. The Morgan fingerprint density at radius 1 is 1.17 bits per heavy atom. The van der Waals surface area contributed by atoms with Gasteiger partial charge < -0.3 is 4.90 Å². The molecule has 0 bridgehead atoms. The minimum absolute atomic E-state index is 0.0461. The first kappa shape index (κ1) is 17.9. The van der Waals surface area contributed by atoms with E-state index in [9.17, 15) is 13.2 Å². The Bertz CT molecular complexity index is 654. The number of nitrogens with zero attached hydrogens (tertiary/aromatic N) is 2. The Kier molecular flexibility index (Phi) is 5.78. The summed E-state index contributed by atoms with van der Waals surface area (Å²) in [5.41, 5.74) is 0.378. The quantitative estimate of drug-likeness (QED) is 0.771. The lowest BCUT2D eigenvalue weighted by molar-refractivity contribution is -0.0258. The van der Waals surface area contributed by atoms with Gasteiger partial charge in [-0.2, -0.15) is 0 Å². The second kappa shape index (κ2) is 7.42. The molecule has 0 N–H and O–H groups in total. The Morgan fingerprint density at radius 2 is 1.83 bits per heavy atom.